The Labute approximate surface area is 179 Å². The molecule has 1 N–H and O–H groups in total. The highest BCUT2D eigenvalue weighted by molar-refractivity contribution is 7.10. The van der Waals surface area contributed by atoms with Gasteiger partial charge in [-0.15, -0.1) is 11.3 Å². The first kappa shape index (κ1) is 20.3. The van der Waals surface area contributed by atoms with E-state index >= 15 is 0 Å². The highest BCUT2D eigenvalue weighted by Gasteiger charge is 2.28. The molecule has 0 radical (unpaired) electrons. The van der Waals surface area contributed by atoms with Crippen LogP contribution in [0.5, 0.6) is 0 Å². The molecule has 1 aliphatic rings. The fourth-order valence-electron chi connectivity index (χ4n) is 3.78. The lowest BCUT2D eigenvalue weighted by molar-refractivity contribution is -0.124. The molecular weight excluding hydrogens is 399 g/mol. The number of nitrogens with one attached hydrogen (secondary N) is 1. The summed E-state index contributed by atoms with van der Waals surface area (Å²) in [5.74, 6) is -0.651. The van der Waals surface area contributed by atoms with Crippen LogP contribution in [0.3, 0.4) is 0 Å². The van der Waals surface area contributed by atoms with E-state index in [-0.39, 0.29) is 23.5 Å². The Morgan fingerprint density at radius 2 is 1.97 bits per heavy atom. The summed E-state index contributed by atoms with van der Waals surface area (Å²) in [6.07, 6.45) is 0.524. The predicted octanol–water partition coefficient (Wildman–Crippen LogP) is 4.29. The van der Waals surface area contributed by atoms with Crippen molar-refractivity contribution in [1.29, 1.82) is 0 Å². The van der Waals surface area contributed by atoms with Gasteiger partial charge in [-0.05, 0) is 36.6 Å². The van der Waals surface area contributed by atoms with Gasteiger partial charge in [-0.1, -0.05) is 42.5 Å². The monoisotopic (exact) mass is 422 g/mol. The van der Waals surface area contributed by atoms with Gasteiger partial charge in [0.15, 0.2) is 0 Å². The van der Waals surface area contributed by atoms with Gasteiger partial charge >= 0.3 is 0 Å². The highest BCUT2D eigenvalue weighted by Crippen LogP contribution is 2.24. The van der Waals surface area contributed by atoms with Crippen LogP contribution in [-0.4, -0.2) is 36.3 Å². The van der Waals surface area contributed by atoms with Gasteiger partial charge in [-0.3, -0.25) is 9.59 Å². The molecule has 0 unspecified atom stereocenters. The van der Waals surface area contributed by atoms with Gasteiger partial charge in [0, 0.05) is 35.5 Å². The summed E-state index contributed by atoms with van der Waals surface area (Å²) in [7, 11) is 0. The minimum absolute atomic E-state index is 0.0317. The van der Waals surface area contributed by atoms with E-state index in [1.54, 1.807) is 28.4 Å². The number of nitrogens with zero attached hydrogens (tertiary/aromatic N) is 1. The van der Waals surface area contributed by atoms with Gasteiger partial charge in [-0.2, -0.15) is 0 Å². The molecule has 0 aliphatic carbocycles. The van der Waals surface area contributed by atoms with Crippen LogP contribution in [0.15, 0.2) is 60.0 Å². The Hall–Kier alpha value is -2.99. The largest absolute Gasteiger partial charge is 0.354 e. The number of rotatable bonds is 4. The molecule has 0 bridgehead atoms. The first-order valence-corrected chi connectivity index (χ1v) is 10.8. The molecule has 4 rings (SSSR count). The summed E-state index contributed by atoms with van der Waals surface area (Å²) >= 11 is 1.55. The summed E-state index contributed by atoms with van der Waals surface area (Å²) in [5, 5.41) is 4.79. The quantitative estimate of drug-likeness (QED) is 0.682. The standard InChI is InChI=1S/C24H23FN2O2S/c1-16-12-20(15-30-16)24(29)27-11-10-26-23(28)19(14-27)13-17-6-8-18(9-7-17)21-4-2-3-5-22(21)25/h2-9,12,15,19H,10-11,13-14H2,1H3,(H,26,28)/t19-/m1/s1. The lowest BCUT2D eigenvalue weighted by Crippen LogP contribution is -2.37. The van der Waals surface area contributed by atoms with Gasteiger partial charge < -0.3 is 10.2 Å². The maximum absolute atomic E-state index is 14.0. The van der Waals surface area contributed by atoms with Crippen molar-refractivity contribution in [3.63, 3.8) is 0 Å². The Morgan fingerprint density at radius 3 is 2.67 bits per heavy atom. The SMILES string of the molecule is Cc1cc(C(=O)N2CCNC(=O)[C@H](Cc3ccc(-c4ccccc4F)cc3)C2)cs1. The minimum Gasteiger partial charge on any atom is -0.354 e. The van der Waals surface area contributed by atoms with Crippen LogP contribution in [0.4, 0.5) is 4.39 Å². The topological polar surface area (TPSA) is 49.4 Å². The Kier molecular flexibility index (Phi) is 5.95. The maximum atomic E-state index is 14.0. The lowest BCUT2D eigenvalue weighted by atomic mass is 9.96. The molecule has 2 heterocycles. The number of hydrogen-bond donors (Lipinski definition) is 1. The predicted molar refractivity (Wildman–Crippen MR) is 117 cm³/mol. The summed E-state index contributed by atoms with van der Waals surface area (Å²) in [4.78, 5) is 28.3. The number of amides is 2. The van der Waals surface area contributed by atoms with E-state index < -0.39 is 0 Å². The Morgan fingerprint density at radius 1 is 1.20 bits per heavy atom. The first-order chi connectivity index (χ1) is 14.5. The molecule has 4 nitrogen and oxygen atoms in total. The number of carbonyl (C=O) groups is 2. The molecule has 1 fully saturated rings. The molecule has 1 aromatic heterocycles. The Balaban J connectivity index is 1.49. The second-order valence-electron chi connectivity index (χ2n) is 7.57. The van der Waals surface area contributed by atoms with E-state index in [9.17, 15) is 14.0 Å². The summed E-state index contributed by atoms with van der Waals surface area (Å²) in [6.45, 7) is 3.32. The van der Waals surface area contributed by atoms with Crippen molar-refractivity contribution < 1.29 is 14.0 Å². The third kappa shape index (κ3) is 4.44. The van der Waals surface area contributed by atoms with Gasteiger partial charge in [0.1, 0.15) is 5.82 Å². The first-order valence-electron chi connectivity index (χ1n) is 9.97. The molecule has 2 amide bonds. The van der Waals surface area contributed by atoms with Crippen molar-refractivity contribution in [2.75, 3.05) is 19.6 Å². The van der Waals surface area contributed by atoms with E-state index in [1.165, 1.54) is 6.07 Å². The third-order valence-electron chi connectivity index (χ3n) is 5.38. The molecular formula is C24H23FN2O2S. The number of halogens is 1. The van der Waals surface area contributed by atoms with Crippen LogP contribution in [0.25, 0.3) is 11.1 Å². The molecule has 2 aromatic carbocycles. The molecule has 30 heavy (non-hydrogen) atoms. The van der Waals surface area contributed by atoms with E-state index in [0.29, 0.717) is 37.2 Å². The minimum atomic E-state index is -0.324. The number of aryl methyl sites for hydroxylation is 1. The van der Waals surface area contributed by atoms with Crippen LogP contribution in [0.1, 0.15) is 20.8 Å². The van der Waals surface area contributed by atoms with Crippen LogP contribution in [0.2, 0.25) is 0 Å². The van der Waals surface area contributed by atoms with Crippen LogP contribution >= 0.6 is 11.3 Å². The second-order valence-corrected chi connectivity index (χ2v) is 8.68. The Bertz CT molecular complexity index is 1060. The molecule has 1 aliphatic heterocycles. The van der Waals surface area contributed by atoms with Crippen LogP contribution in [0, 0.1) is 18.7 Å². The van der Waals surface area contributed by atoms with Crippen LogP contribution < -0.4 is 5.32 Å². The van der Waals surface area contributed by atoms with Gasteiger partial charge in [-0.25, -0.2) is 4.39 Å². The van der Waals surface area contributed by atoms with Crippen molar-refractivity contribution in [3.05, 3.63) is 81.8 Å². The van der Waals surface area contributed by atoms with Crippen molar-refractivity contribution >= 4 is 23.2 Å². The van der Waals surface area contributed by atoms with Gasteiger partial charge in [0.2, 0.25) is 5.91 Å². The second kappa shape index (κ2) is 8.79. The maximum Gasteiger partial charge on any atom is 0.254 e. The normalized spacial score (nSPS) is 16.8. The van der Waals surface area contributed by atoms with E-state index in [2.05, 4.69) is 5.32 Å². The highest BCUT2D eigenvalue weighted by atomic mass is 32.1. The number of hydrogen-bond acceptors (Lipinski definition) is 3. The molecule has 1 atom stereocenters. The van der Waals surface area contributed by atoms with Crippen molar-refractivity contribution in [2.45, 2.75) is 13.3 Å². The van der Waals surface area contributed by atoms with Crippen molar-refractivity contribution in [3.8, 4) is 11.1 Å². The summed E-state index contributed by atoms with van der Waals surface area (Å²) in [5.41, 5.74) is 3.02. The average molecular weight is 423 g/mol. The molecule has 1 saturated heterocycles. The summed E-state index contributed by atoms with van der Waals surface area (Å²) in [6, 6.07) is 16.2. The van der Waals surface area contributed by atoms with Crippen LogP contribution in [-0.2, 0) is 11.2 Å². The van der Waals surface area contributed by atoms with Crippen molar-refractivity contribution in [1.82, 2.24) is 10.2 Å². The molecule has 0 saturated carbocycles. The fraction of sp³-hybridized carbons (Fsp3) is 0.250. The molecule has 6 heteroatoms. The molecule has 154 valence electrons. The summed E-state index contributed by atoms with van der Waals surface area (Å²) < 4.78 is 14.0. The van der Waals surface area contributed by atoms with Gasteiger partial charge in [0.25, 0.3) is 5.91 Å². The fourth-order valence-corrected chi connectivity index (χ4v) is 4.46. The smallest absolute Gasteiger partial charge is 0.254 e. The van der Waals surface area contributed by atoms with Gasteiger partial charge in [0.05, 0.1) is 11.5 Å². The van der Waals surface area contributed by atoms with E-state index in [1.807, 2.05) is 48.7 Å². The van der Waals surface area contributed by atoms with Crippen molar-refractivity contribution in [2.24, 2.45) is 5.92 Å². The third-order valence-corrected chi connectivity index (χ3v) is 6.24. The average Bonchev–Trinajstić information content (AvgIpc) is 3.10. The lowest BCUT2D eigenvalue weighted by Gasteiger charge is -2.23. The number of carbonyl (C=O) groups excluding carboxylic acids is 2. The van der Waals surface area contributed by atoms with E-state index in [0.717, 1.165) is 16.0 Å². The zero-order valence-corrected chi connectivity index (χ0v) is 17.5. The number of benzene rings is 2. The zero-order valence-electron chi connectivity index (χ0n) is 16.7. The zero-order chi connectivity index (χ0) is 21.1. The molecule has 0 spiro atoms. The molecule has 3 aromatic rings. The number of thiophene rings is 1. The van der Waals surface area contributed by atoms with E-state index in [4.69, 9.17) is 0 Å².